The highest BCUT2D eigenvalue weighted by atomic mass is 16.6. The van der Waals surface area contributed by atoms with Crippen LogP contribution in [0.1, 0.15) is 36.0 Å². The number of aromatic carboxylic acids is 1. The predicted octanol–water partition coefficient (Wildman–Crippen LogP) is 2.03. The van der Waals surface area contributed by atoms with Gasteiger partial charge in [0.15, 0.2) is 0 Å². The van der Waals surface area contributed by atoms with Gasteiger partial charge in [0.25, 0.3) is 5.69 Å². The van der Waals surface area contributed by atoms with E-state index in [2.05, 4.69) is 0 Å². The zero-order valence-corrected chi connectivity index (χ0v) is 11.6. The number of rotatable bonds is 6. The van der Waals surface area contributed by atoms with Gasteiger partial charge in [-0.3, -0.25) is 10.1 Å². The van der Waals surface area contributed by atoms with Gasteiger partial charge in [-0.25, -0.2) is 4.79 Å². The maximum absolute atomic E-state index is 11.2. The molecule has 2 rings (SSSR count). The van der Waals surface area contributed by atoms with E-state index in [0.29, 0.717) is 12.2 Å². The van der Waals surface area contributed by atoms with Crippen LogP contribution in [0.5, 0.6) is 0 Å². The zero-order valence-electron chi connectivity index (χ0n) is 11.6. The topological polar surface area (TPSA) is 104 Å². The molecule has 21 heavy (non-hydrogen) atoms. The molecule has 0 aromatic heterocycles. The van der Waals surface area contributed by atoms with Gasteiger partial charge in [-0.1, -0.05) is 12.8 Å². The van der Waals surface area contributed by atoms with E-state index >= 15 is 0 Å². The summed E-state index contributed by atoms with van der Waals surface area (Å²) < 4.78 is 0. The average molecular weight is 294 g/mol. The molecule has 1 aromatic rings. The molecule has 114 valence electrons. The van der Waals surface area contributed by atoms with Gasteiger partial charge in [0, 0.05) is 18.7 Å². The summed E-state index contributed by atoms with van der Waals surface area (Å²) in [5.41, 5.74) is 0.0435. The number of nitro groups is 1. The second kappa shape index (κ2) is 6.53. The first-order valence-electron chi connectivity index (χ1n) is 6.94. The summed E-state index contributed by atoms with van der Waals surface area (Å²) in [7, 11) is 0. The van der Waals surface area contributed by atoms with Gasteiger partial charge < -0.3 is 15.1 Å². The van der Waals surface area contributed by atoms with Crippen LogP contribution in [0, 0.1) is 10.1 Å². The van der Waals surface area contributed by atoms with Crippen LogP contribution in [0.2, 0.25) is 0 Å². The first-order chi connectivity index (χ1) is 10.0. The van der Waals surface area contributed by atoms with E-state index in [9.17, 15) is 20.0 Å². The van der Waals surface area contributed by atoms with Crippen molar-refractivity contribution in [3.63, 3.8) is 0 Å². The molecule has 1 aliphatic carbocycles. The molecule has 0 unspecified atom stereocenters. The Labute approximate surface area is 122 Å². The van der Waals surface area contributed by atoms with E-state index in [1.54, 1.807) is 0 Å². The molecule has 0 aliphatic heterocycles. The summed E-state index contributed by atoms with van der Waals surface area (Å²) in [5, 5.41) is 29.4. The average Bonchev–Trinajstić information content (AvgIpc) is 2.98. The summed E-state index contributed by atoms with van der Waals surface area (Å²) in [6.45, 7) is 0.201. The molecule has 0 atom stereocenters. The highest BCUT2D eigenvalue weighted by Crippen LogP contribution is 2.34. The number of aliphatic hydroxyl groups excluding tert-OH is 1. The number of anilines is 1. The van der Waals surface area contributed by atoms with E-state index in [1.807, 2.05) is 4.90 Å². The lowest BCUT2D eigenvalue weighted by Crippen LogP contribution is -2.36. The molecule has 1 fully saturated rings. The number of aliphatic hydroxyl groups is 1. The fourth-order valence-corrected chi connectivity index (χ4v) is 2.87. The highest BCUT2D eigenvalue weighted by molar-refractivity contribution is 5.89. The maximum Gasteiger partial charge on any atom is 0.335 e. The quantitative estimate of drug-likeness (QED) is 0.614. The van der Waals surface area contributed by atoms with Gasteiger partial charge in [0.2, 0.25) is 0 Å². The molecule has 7 heteroatoms. The second-order valence-corrected chi connectivity index (χ2v) is 5.12. The van der Waals surface area contributed by atoms with Gasteiger partial charge >= 0.3 is 5.97 Å². The molecule has 0 bridgehead atoms. The fraction of sp³-hybridized carbons (Fsp3) is 0.500. The van der Waals surface area contributed by atoms with E-state index < -0.39 is 10.9 Å². The van der Waals surface area contributed by atoms with Crippen LogP contribution in [0.15, 0.2) is 18.2 Å². The molecular formula is C14H18N2O5. The van der Waals surface area contributed by atoms with E-state index in [4.69, 9.17) is 5.11 Å². The molecule has 0 saturated heterocycles. The Morgan fingerprint density at radius 2 is 2.05 bits per heavy atom. The van der Waals surface area contributed by atoms with Gasteiger partial charge in [0.05, 0.1) is 17.1 Å². The Kier molecular flexibility index (Phi) is 4.74. The number of carboxylic acids is 1. The van der Waals surface area contributed by atoms with E-state index in [1.165, 1.54) is 12.1 Å². The molecule has 2 N–H and O–H groups in total. The number of benzene rings is 1. The van der Waals surface area contributed by atoms with Crippen molar-refractivity contribution in [3.05, 3.63) is 33.9 Å². The van der Waals surface area contributed by atoms with Crippen LogP contribution in [-0.4, -0.2) is 40.3 Å². The smallest absolute Gasteiger partial charge is 0.335 e. The number of hydrogen-bond donors (Lipinski definition) is 2. The summed E-state index contributed by atoms with van der Waals surface area (Å²) in [6.07, 6.45) is 3.98. The highest BCUT2D eigenvalue weighted by Gasteiger charge is 2.28. The van der Waals surface area contributed by atoms with Crippen molar-refractivity contribution in [1.82, 2.24) is 0 Å². The third-order valence-corrected chi connectivity index (χ3v) is 3.83. The van der Waals surface area contributed by atoms with Gasteiger partial charge in [-0.15, -0.1) is 0 Å². The SMILES string of the molecule is O=C(O)c1ccc(N(CCO)C2CCCC2)c([N+](=O)[O-])c1. The summed E-state index contributed by atoms with van der Waals surface area (Å²) in [4.78, 5) is 23.5. The minimum atomic E-state index is -1.20. The van der Waals surface area contributed by atoms with Crippen molar-refractivity contribution in [1.29, 1.82) is 0 Å². The van der Waals surface area contributed by atoms with Crippen LogP contribution in [0.25, 0.3) is 0 Å². The predicted molar refractivity (Wildman–Crippen MR) is 76.7 cm³/mol. The van der Waals surface area contributed by atoms with Crippen LogP contribution in [-0.2, 0) is 0 Å². The molecule has 7 nitrogen and oxygen atoms in total. The van der Waals surface area contributed by atoms with Crippen LogP contribution in [0.3, 0.4) is 0 Å². The molecule has 0 radical (unpaired) electrons. The van der Waals surface area contributed by atoms with E-state index in [0.717, 1.165) is 31.7 Å². The zero-order chi connectivity index (χ0) is 15.4. The van der Waals surface area contributed by atoms with Crippen molar-refractivity contribution < 1.29 is 19.9 Å². The van der Waals surface area contributed by atoms with Crippen LogP contribution in [0.4, 0.5) is 11.4 Å². The molecular weight excluding hydrogens is 276 g/mol. The monoisotopic (exact) mass is 294 g/mol. The number of nitro benzene ring substituents is 1. The van der Waals surface area contributed by atoms with Crippen LogP contribution >= 0.6 is 0 Å². The Bertz CT molecular complexity index is 540. The number of hydrogen-bond acceptors (Lipinski definition) is 5. The molecule has 1 aromatic carbocycles. The third kappa shape index (κ3) is 3.30. The van der Waals surface area contributed by atoms with Gasteiger partial charge in [0.1, 0.15) is 5.69 Å². The summed E-state index contributed by atoms with van der Waals surface area (Å²) >= 11 is 0. The lowest BCUT2D eigenvalue weighted by Gasteiger charge is -2.30. The summed E-state index contributed by atoms with van der Waals surface area (Å²) in [5.74, 6) is -1.20. The van der Waals surface area contributed by atoms with Gasteiger partial charge in [-0.05, 0) is 25.0 Å². The van der Waals surface area contributed by atoms with Crippen molar-refractivity contribution >= 4 is 17.3 Å². The van der Waals surface area contributed by atoms with Crippen molar-refractivity contribution in [3.8, 4) is 0 Å². The summed E-state index contributed by atoms with van der Waals surface area (Å²) in [6, 6.07) is 4.07. The molecule has 1 saturated carbocycles. The Balaban J connectivity index is 2.43. The lowest BCUT2D eigenvalue weighted by molar-refractivity contribution is -0.384. The standard InChI is InChI=1S/C14H18N2O5/c17-8-7-15(11-3-1-2-4-11)12-6-5-10(14(18)19)9-13(12)16(20)21/h5-6,9,11,17H,1-4,7-8H2,(H,18,19). The van der Waals surface area contributed by atoms with Gasteiger partial charge in [-0.2, -0.15) is 0 Å². The number of carbonyl (C=O) groups is 1. The fourth-order valence-electron chi connectivity index (χ4n) is 2.87. The molecule has 0 heterocycles. The maximum atomic E-state index is 11.2. The lowest BCUT2D eigenvalue weighted by atomic mass is 10.1. The number of carboxylic acid groups (broad SMARTS) is 1. The van der Waals surface area contributed by atoms with E-state index in [-0.39, 0.29) is 23.9 Å². The normalized spacial score (nSPS) is 15.1. The molecule has 0 spiro atoms. The Morgan fingerprint density at radius 1 is 1.38 bits per heavy atom. The van der Waals surface area contributed by atoms with Crippen molar-refractivity contribution in [2.75, 3.05) is 18.1 Å². The second-order valence-electron chi connectivity index (χ2n) is 5.12. The van der Waals surface area contributed by atoms with Crippen LogP contribution < -0.4 is 4.90 Å². The minimum Gasteiger partial charge on any atom is -0.478 e. The third-order valence-electron chi connectivity index (χ3n) is 3.83. The largest absolute Gasteiger partial charge is 0.478 e. The van der Waals surface area contributed by atoms with Crippen molar-refractivity contribution in [2.24, 2.45) is 0 Å². The molecule has 0 amide bonds. The minimum absolute atomic E-state index is 0.103. The Hall–Kier alpha value is -2.15. The Morgan fingerprint density at radius 3 is 2.57 bits per heavy atom. The first kappa shape index (κ1) is 15.2. The molecule has 1 aliphatic rings. The number of nitrogens with zero attached hydrogens (tertiary/aromatic N) is 2. The van der Waals surface area contributed by atoms with Crippen molar-refractivity contribution in [2.45, 2.75) is 31.7 Å². The first-order valence-corrected chi connectivity index (χ1v) is 6.94.